The minimum atomic E-state index is -1.62. The first kappa shape index (κ1) is 10.0. The number of rotatable bonds is 0. The van der Waals surface area contributed by atoms with E-state index in [0.717, 1.165) is 0 Å². The molecule has 5 heteroatoms. The summed E-state index contributed by atoms with van der Waals surface area (Å²) in [4.78, 5) is 0. The predicted molar refractivity (Wildman–Crippen MR) is 17.6 cm³/mol. The van der Waals surface area contributed by atoms with Crippen LogP contribution in [0.15, 0.2) is 0 Å². The van der Waals surface area contributed by atoms with E-state index >= 15 is 0 Å². The molecule has 0 saturated heterocycles. The Morgan fingerprint density at radius 2 is 1.00 bits per heavy atom. The normalized spacial score (nSPS) is 7.20. The van der Waals surface area contributed by atoms with Crippen molar-refractivity contribution >= 4 is 30.1 Å². The van der Waals surface area contributed by atoms with Crippen molar-refractivity contribution in [3.05, 3.63) is 0 Å². The predicted octanol–water partition coefficient (Wildman–Crippen LogP) is 2.06. The Hall–Kier alpha value is 1.90. The molecule has 0 atom stereocenters. The van der Waals surface area contributed by atoms with Gasteiger partial charge in [0.05, 0.1) is 0 Å². The molecule has 0 saturated carbocycles. The molecule has 0 rings (SSSR count). The van der Waals surface area contributed by atoms with Crippen molar-refractivity contribution in [3.8, 4) is 0 Å². The molecule has 0 radical (unpaired) electrons. The van der Waals surface area contributed by atoms with Crippen molar-refractivity contribution in [1.29, 1.82) is 0 Å². The van der Waals surface area contributed by atoms with Crippen LogP contribution in [0.1, 0.15) is 0 Å². The number of hydrogen-bond donors (Lipinski definition) is 0. The van der Waals surface area contributed by atoms with Crippen molar-refractivity contribution in [2.75, 3.05) is 0 Å². The van der Waals surface area contributed by atoms with Gasteiger partial charge < -0.3 is 0 Å². The Morgan fingerprint density at radius 3 is 1.00 bits per heavy atom. The maximum Gasteiger partial charge on any atom is 0 e. The summed E-state index contributed by atoms with van der Waals surface area (Å²) in [6, 6.07) is 0. The fourth-order valence-electron chi connectivity index (χ4n) is 0. The van der Waals surface area contributed by atoms with E-state index in [1.165, 1.54) is 0 Å². The van der Waals surface area contributed by atoms with E-state index in [1.807, 2.05) is 0 Å². The molecule has 0 aromatic carbocycles. The first-order chi connectivity index (χ1) is 1.73. The first-order valence-corrected chi connectivity index (χ1v) is 5.73. The maximum absolute atomic E-state index is 4.93. The molecule has 0 aliphatic heterocycles. The van der Waals surface area contributed by atoms with Crippen LogP contribution >= 0.6 is 30.1 Å². The van der Waals surface area contributed by atoms with Crippen molar-refractivity contribution < 1.29 is 27.9 Å². The van der Waals surface area contributed by atoms with Gasteiger partial charge in [-0.2, -0.15) is 0 Å². The van der Waals surface area contributed by atoms with E-state index in [4.69, 9.17) is 30.1 Å². The zero-order chi connectivity index (χ0) is 3.58. The van der Waals surface area contributed by atoms with Crippen LogP contribution in [0.4, 0.5) is 0 Å². The summed E-state index contributed by atoms with van der Waals surface area (Å²) in [6.45, 7) is 0. The molecular weight excluding hydrogens is 217 g/mol. The Labute approximate surface area is 57.7 Å². The third-order valence-corrected chi connectivity index (χ3v) is 0. The second-order valence-electron chi connectivity index (χ2n) is 0.175. The van der Waals surface area contributed by atoms with Gasteiger partial charge >= 0.3 is 41.5 Å². The van der Waals surface area contributed by atoms with Gasteiger partial charge in [-0.3, -0.25) is 0 Å². The van der Waals surface area contributed by atoms with E-state index in [2.05, 4.69) is 0 Å². The van der Waals surface area contributed by atoms with E-state index in [-0.39, 0.29) is 16.5 Å². The van der Waals surface area contributed by atoms with Gasteiger partial charge in [0.1, 0.15) is 0 Å². The molecule has 0 bridgehead atoms. The summed E-state index contributed by atoms with van der Waals surface area (Å²) < 4.78 is 0. The fourth-order valence-corrected chi connectivity index (χ4v) is 0. The van der Waals surface area contributed by atoms with Crippen LogP contribution in [-0.2, 0) is 27.9 Å². The molecule has 0 aromatic heterocycles. The summed E-state index contributed by atoms with van der Waals surface area (Å²) >= 11 is -1.62. The summed E-state index contributed by atoms with van der Waals surface area (Å²) in [7, 11) is 14.8. The number of halogens is 3. The molecule has 37 valence electrons. The van der Waals surface area contributed by atoms with Gasteiger partial charge in [-0.05, 0) is 0 Å². The summed E-state index contributed by atoms with van der Waals surface area (Å²) in [6.07, 6.45) is 0. The zero-order valence-electron chi connectivity index (χ0n) is 1.86. The average Bonchev–Trinajstić information content (AvgIpc) is 0.811. The van der Waals surface area contributed by atoms with E-state index in [9.17, 15) is 0 Å². The van der Waals surface area contributed by atoms with Crippen molar-refractivity contribution in [2.45, 2.75) is 0 Å². The third kappa shape index (κ3) is 24.9. The molecule has 0 N–H and O–H groups in total. The fraction of sp³-hybridized carbons (Fsp3) is 0. The zero-order valence-corrected chi connectivity index (χ0v) is 6.39. The van der Waals surface area contributed by atoms with Gasteiger partial charge in [-0.25, -0.2) is 0 Å². The van der Waals surface area contributed by atoms with Gasteiger partial charge in [-0.1, -0.05) is 0 Å². The Bertz CT molecular complexity index is 11.6. The van der Waals surface area contributed by atoms with Crippen LogP contribution < -0.4 is 0 Å². The summed E-state index contributed by atoms with van der Waals surface area (Å²) in [5, 5.41) is 0. The minimum absolute atomic E-state index is 0. The first-order valence-electron chi connectivity index (χ1n) is 0.463. The van der Waals surface area contributed by atoms with E-state index in [0.29, 0.717) is 0 Å². The standard InChI is InChI=1S/3ClH.Cr.Ni/h3*1H;;/q;;;+3;/p-3. The monoisotopic (exact) mass is 215 g/mol. The number of hydrogen-bond acceptors (Lipinski definition) is 0. The van der Waals surface area contributed by atoms with Gasteiger partial charge in [0.25, 0.3) is 0 Å². The van der Waals surface area contributed by atoms with Crippen LogP contribution in [-0.4, -0.2) is 0 Å². The van der Waals surface area contributed by atoms with Crippen molar-refractivity contribution in [3.63, 3.8) is 0 Å². The molecule has 0 aliphatic rings. The molecule has 0 heterocycles. The maximum atomic E-state index is 4.93. The largest absolute Gasteiger partial charge is 0 e. The second kappa shape index (κ2) is 5.90. The summed E-state index contributed by atoms with van der Waals surface area (Å²) in [5.74, 6) is 0. The van der Waals surface area contributed by atoms with Gasteiger partial charge in [0.2, 0.25) is 0 Å². The molecule has 5 heavy (non-hydrogen) atoms. The quantitative estimate of drug-likeness (QED) is 0.545. The molecule has 0 aliphatic carbocycles. The van der Waals surface area contributed by atoms with Gasteiger partial charge in [0, 0.05) is 16.5 Å². The molecule has 0 amide bonds. The van der Waals surface area contributed by atoms with Crippen LogP contribution in [0.5, 0.6) is 0 Å². The van der Waals surface area contributed by atoms with Crippen LogP contribution in [0.25, 0.3) is 0 Å². The third-order valence-electron chi connectivity index (χ3n) is 0. The second-order valence-corrected chi connectivity index (χ2v) is 6.49. The molecule has 0 aromatic rings. The van der Waals surface area contributed by atoms with Crippen molar-refractivity contribution in [1.82, 2.24) is 0 Å². The Morgan fingerprint density at radius 1 is 1.00 bits per heavy atom. The smallest absolute Gasteiger partial charge is 0 e. The Kier molecular flexibility index (Phi) is 11.8. The molecule has 0 spiro atoms. The van der Waals surface area contributed by atoms with E-state index < -0.39 is 11.4 Å². The molecule has 0 nitrogen and oxygen atoms in total. The molecule has 0 unspecified atom stereocenters. The van der Waals surface area contributed by atoms with Gasteiger partial charge in [-0.15, -0.1) is 0 Å². The summed E-state index contributed by atoms with van der Waals surface area (Å²) in [5.41, 5.74) is 0. The SMILES string of the molecule is [Cl][Cr]([Cl])[Cl].[Ni]. The average molecular weight is 217 g/mol. The van der Waals surface area contributed by atoms with Gasteiger partial charge in [0.15, 0.2) is 0 Å². The minimum Gasteiger partial charge on any atom is 0 e. The van der Waals surface area contributed by atoms with Crippen molar-refractivity contribution in [2.24, 2.45) is 0 Å². The van der Waals surface area contributed by atoms with E-state index in [1.54, 1.807) is 0 Å². The topological polar surface area (TPSA) is 0 Å². The Balaban J connectivity index is 0. The van der Waals surface area contributed by atoms with Crippen LogP contribution in [0, 0.1) is 0 Å². The van der Waals surface area contributed by atoms with Crippen LogP contribution in [0.3, 0.4) is 0 Å². The molecular formula is Cl3CrNi. The molecule has 0 fully saturated rings. The van der Waals surface area contributed by atoms with Crippen LogP contribution in [0.2, 0.25) is 0 Å².